The first-order valence-corrected chi connectivity index (χ1v) is 8.14. The van der Waals surface area contributed by atoms with Gasteiger partial charge in [0.05, 0.1) is 5.69 Å². The summed E-state index contributed by atoms with van der Waals surface area (Å²) in [5.74, 6) is -0.0458. The fraction of sp³-hybridized carbons (Fsp3) is 0.562. The largest absolute Gasteiger partial charge is 0.325 e. The minimum absolute atomic E-state index is 0.0458. The highest BCUT2D eigenvalue weighted by atomic mass is 79.9. The van der Waals surface area contributed by atoms with Crippen molar-refractivity contribution < 1.29 is 4.79 Å². The van der Waals surface area contributed by atoms with Crippen LogP contribution in [-0.4, -0.2) is 30.4 Å². The van der Waals surface area contributed by atoms with E-state index >= 15 is 0 Å². The van der Waals surface area contributed by atoms with E-state index < -0.39 is 0 Å². The molecule has 0 saturated heterocycles. The molecule has 0 atom stereocenters. The van der Waals surface area contributed by atoms with Crippen LogP contribution in [0.1, 0.15) is 39.2 Å². The van der Waals surface area contributed by atoms with Crippen LogP contribution in [0.3, 0.4) is 0 Å². The summed E-state index contributed by atoms with van der Waals surface area (Å²) in [5, 5.41) is 2.81. The third-order valence-electron chi connectivity index (χ3n) is 3.14. The lowest BCUT2D eigenvalue weighted by Crippen LogP contribution is -2.27. The Morgan fingerprint density at radius 1 is 1.20 bits per heavy atom. The van der Waals surface area contributed by atoms with E-state index in [9.17, 15) is 4.79 Å². The van der Waals surface area contributed by atoms with Gasteiger partial charge in [0.25, 0.3) is 0 Å². The minimum atomic E-state index is -0.0458. The third-order valence-corrected chi connectivity index (χ3v) is 3.80. The van der Waals surface area contributed by atoms with Gasteiger partial charge in [0.15, 0.2) is 0 Å². The molecule has 1 N–H and O–H groups in total. The average molecular weight is 341 g/mol. The maximum Gasteiger partial charge on any atom is 0.221 e. The molecule has 1 aromatic carbocycles. The van der Waals surface area contributed by atoms with E-state index in [0.717, 1.165) is 23.1 Å². The van der Waals surface area contributed by atoms with Gasteiger partial charge in [-0.3, -0.25) is 4.79 Å². The molecule has 0 radical (unpaired) electrons. The molecule has 0 heterocycles. The second-order valence-corrected chi connectivity index (χ2v) is 5.94. The average Bonchev–Trinajstić information content (AvgIpc) is 2.39. The van der Waals surface area contributed by atoms with E-state index in [1.807, 2.05) is 6.07 Å². The van der Waals surface area contributed by atoms with E-state index in [-0.39, 0.29) is 5.91 Å². The standard InChI is InChI=1S/C16H25BrN2O/c1-4-9-19(10-5-2)11-8-14-6-7-16(15(17)12-14)18-13(3)20/h6-7,12H,4-5,8-11H2,1-3H3,(H,18,20). The van der Waals surface area contributed by atoms with Gasteiger partial charge >= 0.3 is 0 Å². The quantitative estimate of drug-likeness (QED) is 0.773. The van der Waals surface area contributed by atoms with Crippen molar-refractivity contribution >= 4 is 27.5 Å². The molecule has 0 unspecified atom stereocenters. The molecular weight excluding hydrogens is 316 g/mol. The number of benzene rings is 1. The van der Waals surface area contributed by atoms with E-state index in [4.69, 9.17) is 0 Å². The van der Waals surface area contributed by atoms with Crippen LogP contribution in [0.4, 0.5) is 5.69 Å². The van der Waals surface area contributed by atoms with Crippen molar-refractivity contribution in [3.63, 3.8) is 0 Å². The van der Waals surface area contributed by atoms with E-state index in [0.29, 0.717) is 0 Å². The van der Waals surface area contributed by atoms with Gasteiger partial charge in [0.1, 0.15) is 0 Å². The molecule has 1 aromatic rings. The number of halogens is 1. The molecule has 4 heteroatoms. The SMILES string of the molecule is CCCN(CCC)CCc1ccc(NC(C)=O)c(Br)c1. The van der Waals surface area contributed by atoms with Crippen LogP contribution in [-0.2, 0) is 11.2 Å². The summed E-state index contributed by atoms with van der Waals surface area (Å²) in [6, 6.07) is 6.15. The van der Waals surface area contributed by atoms with Crippen LogP contribution in [0.15, 0.2) is 22.7 Å². The number of rotatable bonds is 8. The van der Waals surface area contributed by atoms with Gasteiger partial charge < -0.3 is 10.2 Å². The Labute approximate surface area is 130 Å². The number of hydrogen-bond acceptors (Lipinski definition) is 2. The molecule has 0 aliphatic rings. The Balaban J connectivity index is 2.59. The summed E-state index contributed by atoms with van der Waals surface area (Å²) in [6.45, 7) is 9.39. The summed E-state index contributed by atoms with van der Waals surface area (Å²) in [4.78, 5) is 13.6. The smallest absolute Gasteiger partial charge is 0.221 e. The zero-order chi connectivity index (χ0) is 15.0. The van der Waals surface area contributed by atoms with E-state index in [1.54, 1.807) is 0 Å². The lowest BCUT2D eigenvalue weighted by atomic mass is 10.1. The second kappa shape index (κ2) is 9.14. The Morgan fingerprint density at radius 2 is 1.85 bits per heavy atom. The Bertz CT molecular complexity index is 428. The van der Waals surface area contributed by atoms with Crippen molar-refractivity contribution in [3.05, 3.63) is 28.2 Å². The van der Waals surface area contributed by atoms with Crippen LogP contribution in [0, 0.1) is 0 Å². The van der Waals surface area contributed by atoms with Gasteiger partial charge in [0.2, 0.25) is 5.91 Å². The molecule has 3 nitrogen and oxygen atoms in total. The van der Waals surface area contributed by atoms with Crippen LogP contribution in [0.2, 0.25) is 0 Å². The summed E-state index contributed by atoms with van der Waals surface area (Å²) in [7, 11) is 0. The van der Waals surface area contributed by atoms with Gasteiger partial charge in [-0.25, -0.2) is 0 Å². The maximum absolute atomic E-state index is 11.1. The first-order chi connectivity index (χ1) is 9.56. The number of amides is 1. The van der Waals surface area contributed by atoms with Crippen LogP contribution >= 0.6 is 15.9 Å². The summed E-state index contributed by atoms with van der Waals surface area (Å²) >= 11 is 3.52. The predicted octanol–water partition coefficient (Wildman–Crippen LogP) is 4.07. The molecule has 112 valence electrons. The summed E-state index contributed by atoms with van der Waals surface area (Å²) in [5.41, 5.74) is 2.13. The van der Waals surface area contributed by atoms with E-state index in [2.05, 4.69) is 52.1 Å². The highest BCUT2D eigenvalue weighted by Crippen LogP contribution is 2.24. The molecule has 0 aliphatic heterocycles. The molecule has 0 aliphatic carbocycles. The minimum Gasteiger partial charge on any atom is -0.325 e. The molecule has 0 bridgehead atoms. The topological polar surface area (TPSA) is 32.3 Å². The Hall–Kier alpha value is -0.870. The van der Waals surface area contributed by atoms with Gasteiger partial charge in [-0.1, -0.05) is 19.9 Å². The fourth-order valence-corrected chi connectivity index (χ4v) is 2.79. The molecule has 20 heavy (non-hydrogen) atoms. The zero-order valence-corrected chi connectivity index (χ0v) is 14.3. The maximum atomic E-state index is 11.1. The van der Waals surface area contributed by atoms with Crippen LogP contribution in [0.5, 0.6) is 0 Å². The zero-order valence-electron chi connectivity index (χ0n) is 12.7. The number of nitrogens with one attached hydrogen (secondary N) is 1. The highest BCUT2D eigenvalue weighted by molar-refractivity contribution is 9.10. The molecule has 0 aromatic heterocycles. The van der Waals surface area contributed by atoms with Gasteiger partial charge in [-0.2, -0.15) is 0 Å². The van der Waals surface area contributed by atoms with Gasteiger partial charge in [-0.15, -0.1) is 0 Å². The third kappa shape index (κ3) is 6.06. The van der Waals surface area contributed by atoms with Crippen molar-refractivity contribution in [1.29, 1.82) is 0 Å². The summed E-state index contributed by atoms with van der Waals surface area (Å²) < 4.78 is 0.947. The number of nitrogens with zero attached hydrogens (tertiary/aromatic N) is 1. The van der Waals surface area contributed by atoms with Gasteiger partial charge in [0, 0.05) is 17.9 Å². The normalized spacial score (nSPS) is 10.8. The van der Waals surface area contributed by atoms with Crippen molar-refractivity contribution in [3.8, 4) is 0 Å². The van der Waals surface area contributed by atoms with Gasteiger partial charge in [-0.05, 0) is 66.0 Å². The molecule has 0 fully saturated rings. The lowest BCUT2D eigenvalue weighted by Gasteiger charge is -2.21. The molecule has 0 saturated carbocycles. The van der Waals surface area contributed by atoms with Crippen molar-refractivity contribution in [1.82, 2.24) is 4.90 Å². The molecule has 0 spiro atoms. The van der Waals surface area contributed by atoms with Crippen LogP contribution < -0.4 is 5.32 Å². The fourth-order valence-electron chi connectivity index (χ4n) is 2.26. The molecular formula is C16H25BrN2O. The lowest BCUT2D eigenvalue weighted by molar-refractivity contribution is -0.114. The van der Waals surface area contributed by atoms with E-state index in [1.165, 1.54) is 38.4 Å². The number of carbonyl (C=O) groups excluding carboxylic acids is 1. The summed E-state index contributed by atoms with van der Waals surface area (Å²) in [6.07, 6.45) is 3.44. The number of hydrogen-bond donors (Lipinski definition) is 1. The molecule has 1 rings (SSSR count). The van der Waals surface area contributed by atoms with Crippen molar-refractivity contribution in [2.75, 3.05) is 25.0 Å². The number of anilines is 1. The predicted molar refractivity (Wildman–Crippen MR) is 89.2 cm³/mol. The van der Waals surface area contributed by atoms with Crippen LogP contribution in [0.25, 0.3) is 0 Å². The Kier molecular flexibility index (Phi) is 7.85. The van der Waals surface area contributed by atoms with Crippen molar-refractivity contribution in [2.45, 2.75) is 40.0 Å². The molecule has 1 amide bonds. The highest BCUT2D eigenvalue weighted by Gasteiger charge is 2.06. The number of carbonyl (C=O) groups is 1. The first-order valence-electron chi connectivity index (χ1n) is 7.35. The first kappa shape index (κ1) is 17.2. The monoisotopic (exact) mass is 340 g/mol. The second-order valence-electron chi connectivity index (χ2n) is 5.09. The van der Waals surface area contributed by atoms with Crippen molar-refractivity contribution in [2.24, 2.45) is 0 Å². The Morgan fingerprint density at radius 3 is 2.35 bits per heavy atom.